The molecule has 24 heavy (non-hydrogen) atoms. The lowest BCUT2D eigenvalue weighted by Gasteiger charge is -2.23. The molecule has 0 aliphatic carbocycles. The Labute approximate surface area is 147 Å². The van der Waals surface area contributed by atoms with Crippen LogP contribution in [0, 0.1) is 0 Å². The van der Waals surface area contributed by atoms with Gasteiger partial charge >= 0.3 is 6.03 Å². The van der Waals surface area contributed by atoms with E-state index in [-0.39, 0.29) is 18.6 Å². The molecule has 0 fully saturated rings. The average Bonchev–Trinajstić information content (AvgIpc) is 3.07. The second kappa shape index (κ2) is 9.42. The van der Waals surface area contributed by atoms with Crippen molar-refractivity contribution in [3.63, 3.8) is 0 Å². The number of likely N-dealkylation sites (N-methyl/N-ethyl adjacent to an activating group) is 1. The van der Waals surface area contributed by atoms with Crippen molar-refractivity contribution in [2.45, 2.75) is 18.6 Å². The first-order chi connectivity index (χ1) is 11.5. The van der Waals surface area contributed by atoms with Gasteiger partial charge in [-0.25, -0.2) is 4.79 Å². The van der Waals surface area contributed by atoms with Crippen molar-refractivity contribution in [3.8, 4) is 0 Å². The SMILES string of the molecule is CN(C)CC(Cc1ccccc1)NC(=O)NCC(O)c1ccsc1. The summed E-state index contributed by atoms with van der Waals surface area (Å²) in [6, 6.07) is 11.7. The monoisotopic (exact) mass is 347 g/mol. The number of aliphatic hydroxyl groups excluding tert-OH is 1. The van der Waals surface area contributed by atoms with Gasteiger partial charge in [0.05, 0.1) is 6.10 Å². The molecule has 130 valence electrons. The van der Waals surface area contributed by atoms with Crippen molar-refractivity contribution < 1.29 is 9.90 Å². The van der Waals surface area contributed by atoms with E-state index in [1.54, 1.807) is 0 Å². The summed E-state index contributed by atoms with van der Waals surface area (Å²) >= 11 is 1.53. The molecule has 1 aromatic heterocycles. The molecule has 2 unspecified atom stereocenters. The van der Waals surface area contributed by atoms with Gasteiger partial charge in [-0.1, -0.05) is 30.3 Å². The van der Waals surface area contributed by atoms with Crippen LogP contribution in [0.5, 0.6) is 0 Å². The zero-order valence-corrected chi connectivity index (χ0v) is 14.9. The standard InChI is InChI=1S/C18H25N3O2S/c1-21(2)12-16(10-14-6-4-3-5-7-14)20-18(23)19-11-17(22)15-8-9-24-13-15/h3-9,13,16-17,22H,10-12H2,1-2H3,(H2,19,20,23). The first-order valence-corrected chi connectivity index (χ1v) is 8.92. The number of carbonyl (C=O) groups is 1. The fourth-order valence-corrected chi connectivity index (χ4v) is 3.22. The van der Waals surface area contributed by atoms with E-state index in [0.717, 1.165) is 18.5 Å². The van der Waals surface area contributed by atoms with E-state index in [1.807, 2.05) is 54.0 Å². The molecule has 0 aliphatic rings. The maximum atomic E-state index is 12.1. The van der Waals surface area contributed by atoms with Gasteiger partial charge in [-0.15, -0.1) is 0 Å². The van der Waals surface area contributed by atoms with Gasteiger partial charge in [-0.3, -0.25) is 0 Å². The second-order valence-electron chi connectivity index (χ2n) is 6.08. The molecule has 0 spiro atoms. The number of carbonyl (C=O) groups excluding carboxylic acids is 1. The van der Waals surface area contributed by atoms with Crippen molar-refractivity contribution in [2.75, 3.05) is 27.2 Å². The molecule has 0 radical (unpaired) electrons. The Balaban J connectivity index is 1.84. The number of hydrogen-bond acceptors (Lipinski definition) is 4. The predicted octanol–water partition coefficient (Wildman–Crippen LogP) is 2.25. The van der Waals surface area contributed by atoms with Crippen LogP contribution in [0.25, 0.3) is 0 Å². The molecule has 2 aromatic rings. The number of thiophene rings is 1. The van der Waals surface area contributed by atoms with Gasteiger partial charge in [0.2, 0.25) is 0 Å². The van der Waals surface area contributed by atoms with E-state index in [0.29, 0.717) is 0 Å². The van der Waals surface area contributed by atoms with E-state index in [1.165, 1.54) is 16.9 Å². The fourth-order valence-electron chi connectivity index (χ4n) is 2.51. The van der Waals surface area contributed by atoms with E-state index in [4.69, 9.17) is 0 Å². The summed E-state index contributed by atoms with van der Waals surface area (Å²) in [6.07, 6.45) is 0.0860. The summed E-state index contributed by atoms with van der Waals surface area (Å²) in [6.45, 7) is 0.942. The third-order valence-corrected chi connectivity index (χ3v) is 4.33. The van der Waals surface area contributed by atoms with Crippen molar-refractivity contribution in [3.05, 3.63) is 58.3 Å². The highest BCUT2D eigenvalue weighted by Gasteiger charge is 2.15. The lowest BCUT2D eigenvalue weighted by molar-refractivity contribution is 0.172. The second-order valence-corrected chi connectivity index (χ2v) is 6.86. The van der Waals surface area contributed by atoms with Crippen molar-refractivity contribution >= 4 is 17.4 Å². The van der Waals surface area contributed by atoms with Crippen LogP contribution in [0.4, 0.5) is 4.79 Å². The fraction of sp³-hybridized carbons (Fsp3) is 0.389. The highest BCUT2D eigenvalue weighted by Crippen LogP contribution is 2.15. The Morgan fingerprint density at radius 3 is 2.62 bits per heavy atom. The highest BCUT2D eigenvalue weighted by atomic mass is 32.1. The van der Waals surface area contributed by atoms with Crippen LogP contribution in [0.1, 0.15) is 17.2 Å². The van der Waals surface area contributed by atoms with E-state index >= 15 is 0 Å². The zero-order valence-electron chi connectivity index (χ0n) is 14.1. The van der Waals surface area contributed by atoms with Gasteiger partial charge in [-0.05, 0) is 48.5 Å². The molecule has 2 atom stereocenters. The lowest BCUT2D eigenvalue weighted by Crippen LogP contribution is -2.48. The van der Waals surface area contributed by atoms with Gasteiger partial charge in [0, 0.05) is 19.1 Å². The molecule has 6 heteroatoms. The Bertz CT molecular complexity index is 602. The molecular formula is C18H25N3O2S. The summed E-state index contributed by atoms with van der Waals surface area (Å²) in [5, 5.41) is 19.6. The summed E-state index contributed by atoms with van der Waals surface area (Å²) in [5.41, 5.74) is 2.01. The normalized spacial score (nSPS) is 13.5. The van der Waals surface area contributed by atoms with Gasteiger partial charge < -0.3 is 20.6 Å². The number of nitrogens with one attached hydrogen (secondary N) is 2. The topological polar surface area (TPSA) is 64.6 Å². The first-order valence-electron chi connectivity index (χ1n) is 7.97. The molecule has 2 amide bonds. The van der Waals surface area contributed by atoms with E-state index < -0.39 is 6.10 Å². The largest absolute Gasteiger partial charge is 0.387 e. The average molecular weight is 347 g/mol. The van der Waals surface area contributed by atoms with Gasteiger partial charge in [0.15, 0.2) is 0 Å². The number of aliphatic hydroxyl groups is 1. The molecule has 0 saturated heterocycles. The molecule has 1 aromatic carbocycles. The van der Waals surface area contributed by atoms with Gasteiger partial charge in [0.25, 0.3) is 0 Å². The number of benzene rings is 1. The quantitative estimate of drug-likeness (QED) is 0.686. The molecule has 1 heterocycles. The van der Waals surface area contributed by atoms with Crippen LogP contribution in [-0.2, 0) is 6.42 Å². The van der Waals surface area contributed by atoms with Gasteiger partial charge in [-0.2, -0.15) is 11.3 Å². The molecule has 5 nitrogen and oxygen atoms in total. The number of rotatable bonds is 8. The zero-order chi connectivity index (χ0) is 17.4. The van der Waals surface area contributed by atoms with Crippen molar-refractivity contribution in [2.24, 2.45) is 0 Å². The summed E-state index contributed by atoms with van der Waals surface area (Å²) < 4.78 is 0. The Kier molecular flexibility index (Phi) is 7.24. The number of amides is 2. The molecule has 3 N–H and O–H groups in total. The maximum Gasteiger partial charge on any atom is 0.315 e. The van der Waals surface area contributed by atoms with E-state index in [2.05, 4.69) is 22.8 Å². The Morgan fingerprint density at radius 1 is 1.25 bits per heavy atom. The third-order valence-electron chi connectivity index (χ3n) is 3.63. The molecular weight excluding hydrogens is 322 g/mol. The lowest BCUT2D eigenvalue weighted by atomic mass is 10.1. The number of hydrogen-bond donors (Lipinski definition) is 3. The van der Waals surface area contributed by atoms with Crippen molar-refractivity contribution in [1.82, 2.24) is 15.5 Å². The summed E-state index contributed by atoms with van der Waals surface area (Å²) in [4.78, 5) is 14.2. The maximum absolute atomic E-state index is 12.1. The minimum Gasteiger partial charge on any atom is -0.387 e. The van der Waals surface area contributed by atoms with Crippen LogP contribution >= 0.6 is 11.3 Å². The van der Waals surface area contributed by atoms with Crippen LogP contribution < -0.4 is 10.6 Å². The van der Waals surface area contributed by atoms with E-state index in [9.17, 15) is 9.90 Å². The first kappa shape index (κ1) is 18.4. The minimum atomic E-state index is -0.677. The number of urea groups is 1. The summed E-state index contributed by atoms with van der Waals surface area (Å²) in [7, 11) is 3.97. The smallest absolute Gasteiger partial charge is 0.315 e. The Hall–Kier alpha value is -1.89. The molecule has 0 saturated carbocycles. The highest BCUT2D eigenvalue weighted by molar-refractivity contribution is 7.07. The third kappa shape index (κ3) is 6.31. The predicted molar refractivity (Wildman–Crippen MR) is 98.3 cm³/mol. The van der Waals surface area contributed by atoms with Crippen LogP contribution in [0.3, 0.4) is 0 Å². The molecule has 2 rings (SSSR count). The Morgan fingerprint density at radius 2 is 2.00 bits per heavy atom. The molecule has 0 aliphatic heterocycles. The van der Waals surface area contributed by atoms with Gasteiger partial charge in [0.1, 0.15) is 0 Å². The van der Waals surface area contributed by atoms with Crippen LogP contribution in [0.2, 0.25) is 0 Å². The van der Waals surface area contributed by atoms with Crippen molar-refractivity contribution in [1.29, 1.82) is 0 Å². The van der Waals surface area contributed by atoms with Crippen LogP contribution in [0.15, 0.2) is 47.2 Å². The summed E-state index contributed by atoms with van der Waals surface area (Å²) in [5.74, 6) is 0. The molecule has 0 bridgehead atoms. The minimum absolute atomic E-state index is 0.000639. The number of nitrogens with zero attached hydrogens (tertiary/aromatic N) is 1. The van der Waals surface area contributed by atoms with Crippen LogP contribution in [-0.4, -0.2) is 49.3 Å².